The molecule has 3 aromatic rings. The van der Waals surface area contributed by atoms with Crippen molar-refractivity contribution in [1.82, 2.24) is 9.97 Å². The predicted octanol–water partition coefficient (Wildman–Crippen LogP) is 4.20. The summed E-state index contributed by atoms with van der Waals surface area (Å²) >= 11 is 1.77. The summed E-state index contributed by atoms with van der Waals surface area (Å²) in [6, 6.07) is 14.2. The van der Waals surface area contributed by atoms with Crippen molar-refractivity contribution >= 4 is 24.3 Å². The molecule has 1 N–H and O–H groups in total. The van der Waals surface area contributed by atoms with E-state index in [1.807, 2.05) is 30.3 Å². The van der Waals surface area contributed by atoms with Gasteiger partial charge in [0.25, 0.3) is 5.56 Å². The van der Waals surface area contributed by atoms with Gasteiger partial charge in [-0.1, -0.05) is 30.3 Å². The fourth-order valence-corrected chi connectivity index (χ4v) is 5.23. The van der Waals surface area contributed by atoms with Gasteiger partial charge < -0.3 is 19.0 Å². The molecule has 176 valence electrons. The van der Waals surface area contributed by atoms with Crippen LogP contribution in [0.25, 0.3) is 22.5 Å². The summed E-state index contributed by atoms with van der Waals surface area (Å²) in [6.45, 7) is 8.22. The Morgan fingerprint density at radius 2 is 1.71 bits per heavy atom. The van der Waals surface area contributed by atoms with Crippen molar-refractivity contribution in [2.75, 3.05) is 12.9 Å². The fourth-order valence-electron chi connectivity index (χ4n) is 4.25. The Kier molecular flexibility index (Phi) is 5.86. The minimum atomic E-state index is -0.388. The number of methoxy groups -OCH3 is 1. The first-order chi connectivity index (χ1) is 16.2. The van der Waals surface area contributed by atoms with Crippen molar-refractivity contribution in [2.24, 2.45) is 0 Å². The molecule has 2 aromatic carbocycles. The molecule has 0 aliphatic carbocycles. The second-order valence-corrected chi connectivity index (χ2v) is 10.9. The second kappa shape index (κ2) is 8.59. The van der Waals surface area contributed by atoms with Crippen LogP contribution in [0.15, 0.2) is 47.3 Å². The number of H-pyrrole nitrogens is 1. The van der Waals surface area contributed by atoms with Gasteiger partial charge in [0.05, 0.1) is 29.6 Å². The zero-order valence-electron chi connectivity index (χ0n) is 20.2. The summed E-state index contributed by atoms with van der Waals surface area (Å²) in [6.07, 6.45) is 0.812. The molecule has 0 radical (unpaired) electrons. The summed E-state index contributed by atoms with van der Waals surface area (Å²) in [5.41, 5.74) is 4.70. The summed E-state index contributed by atoms with van der Waals surface area (Å²) in [7, 11) is 1.25. The topological polar surface area (TPSA) is 73.4 Å². The molecule has 3 heterocycles. The normalized spacial score (nSPS) is 18.6. The second-order valence-electron chi connectivity index (χ2n) is 9.77. The van der Waals surface area contributed by atoms with Gasteiger partial charge in [-0.3, -0.25) is 4.79 Å². The number of hydrogen-bond acceptors (Lipinski definition) is 6. The van der Waals surface area contributed by atoms with E-state index in [1.54, 1.807) is 18.9 Å². The maximum Gasteiger partial charge on any atom is 0.494 e. The number of hydrogen-bond donors (Lipinski definition) is 1. The van der Waals surface area contributed by atoms with Gasteiger partial charge in [0, 0.05) is 11.3 Å². The van der Waals surface area contributed by atoms with Crippen LogP contribution in [0.2, 0.25) is 0 Å². The Labute approximate surface area is 204 Å². The number of fused-ring (bicyclic) bond motifs is 1. The molecular weight excluding hydrogens is 447 g/mol. The van der Waals surface area contributed by atoms with E-state index in [0.717, 1.165) is 51.3 Å². The molecule has 5 rings (SSSR count). The summed E-state index contributed by atoms with van der Waals surface area (Å²) in [4.78, 5) is 20.3. The number of aromatic amines is 1. The Morgan fingerprint density at radius 3 is 2.38 bits per heavy atom. The first-order valence-corrected chi connectivity index (χ1v) is 12.7. The van der Waals surface area contributed by atoms with Gasteiger partial charge in [-0.15, -0.1) is 0 Å². The molecule has 0 bridgehead atoms. The van der Waals surface area contributed by atoms with Gasteiger partial charge in [-0.2, -0.15) is 11.8 Å². The number of ether oxygens (including phenoxy) is 1. The fraction of sp³-hybridized carbons (Fsp3) is 0.385. The van der Waals surface area contributed by atoms with Gasteiger partial charge in [0.2, 0.25) is 0 Å². The molecule has 0 spiro atoms. The third-order valence-corrected chi connectivity index (χ3v) is 8.04. The smallest absolute Gasteiger partial charge is 0.494 e. The maximum atomic E-state index is 12.6. The lowest BCUT2D eigenvalue weighted by Gasteiger charge is -2.32. The number of nitrogens with zero attached hydrogens (tertiary/aromatic N) is 1. The quantitative estimate of drug-likeness (QED) is 0.569. The van der Waals surface area contributed by atoms with Gasteiger partial charge in [0.15, 0.2) is 0 Å². The zero-order valence-corrected chi connectivity index (χ0v) is 21.0. The third-order valence-electron chi connectivity index (χ3n) is 7.06. The van der Waals surface area contributed by atoms with Crippen LogP contribution in [-0.4, -0.2) is 41.2 Å². The standard InChI is InChI=1S/C26H29BN2O4S/c1-25(2)26(3,4)33-27(32-25)18-9-6-16(7-10-18)17-8-11-19(22(14-17)31-5)23-28-21-12-13-34-15-20(21)24(30)29-23/h6-11,14H,12-13,15H2,1-5H3,(H,28,29,30). The van der Waals surface area contributed by atoms with Gasteiger partial charge in [0.1, 0.15) is 11.6 Å². The first-order valence-electron chi connectivity index (χ1n) is 11.5. The maximum absolute atomic E-state index is 12.6. The van der Waals surface area contributed by atoms with E-state index in [0.29, 0.717) is 11.6 Å². The molecule has 34 heavy (non-hydrogen) atoms. The summed E-state index contributed by atoms with van der Waals surface area (Å²) in [5, 5.41) is 0. The van der Waals surface area contributed by atoms with Gasteiger partial charge >= 0.3 is 7.12 Å². The van der Waals surface area contributed by atoms with E-state index in [9.17, 15) is 4.79 Å². The van der Waals surface area contributed by atoms with Crippen molar-refractivity contribution in [3.8, 4) is 28.3 Å². The van der Waals surface area contributed by atoms with E-state index >= 15 is 0 Å². The highest BCUT2D eigenvalue weighted by Crippen LogP contribution is 2.37. The highest BCUT2D eigenvalue weighted by molar-refractivity contribution is 7.98. The number of thioether (sulfide) groups is 1. The van der Waals surface area contributed by atoms with Crippen molar-refractivity contribution in [3.05, 3.63) is 64.1 Å². The predicted molar refractivity (Wildman–Crippen MR) is 138 cm³/mol. The lowest BCUT2D eigenvalue weighted by atomic mass is 9.78. The molecule has 0 saturated carbocycles. The highest BCUT2D eigenvalue weighted by atomic mass is 32.2. The Balaban J connectivity index is 1.43. The molecular formula is C26H29BN2O4S. The largest absolute Gasteiger partial charge is 0.496 e. The minimum Gasteiger partial charge on any atom is -0.496 e. The van der Waals surface area contributed by atoms with Crippen LogP contribution < -0.4 is 15.8 Å². The van der Waals surface area contributed by atoms with E-state index in [4.69, 9.17) is 19.0 Å². The van der Waals surface area contributed by atoms with Crippen molar-refractivity contribution in [3.63, 3.8) is 0 Å². The molecule has 0 atom stereocenters. The van der Waals surface area contributed by atoms with Crippen molar-refractivity contribution in [2.45, 2.75) is 51.1 Å². The first kappa shape index (κ1) is 23.2. The SMILES string of the molecule is COc1cc(-c2ccc(B3OC(C)(C)C(C)(C)O3)cc2)ccc1-c1nc2c(c(=O)[nH]1)CSCC2. The van der Waals surface area contributed by atoms with Crippen molar-refractivity contribution in [1.29, 1.82) is 0 Å². The van der Waals surface area contributed by atoms with Crippen LogP contribution in [0.4, 0.5) is 0 Å². The lowest BCUT2D eigenvalue weighted by Crippen LogP contribution is -2.41. The zero-order chi connectivity index (χ0) is 24.1. The Hall–Kier alpha value is -2.55. The minimum absolute atomic E-state index is 0.0587. The van der Waals surface area contributed by atoms with Gasteiger partial charge in [-0.05, 0) is 68.6 Å². The molecule has 0 unspecified atom stereocenters. The third kappa shape index (κ3) is 4.08. The van der Waals surface area contributed by atoms with E-state index < -0.39 is 0 Å². The average Bonchev–Trinajstić information content (AvgIpc) is 3.05. The highest BCUT2D eigenvalue weighted by Gasteiger charge is 2.51. The van der Waals surface area contributed by atoms with Crippen LogP contribution in [-0.2, 0) is 21.5 Å². The molecule has 8 heteroatoms. The molecule has 1 aromatic heterocycles. The molecule has 2 aliphatic heterocycles. The van der Waals surface area contributed by atoms with Crippen LogP contribution in [0.1, 0.15) is 39.0 Å². The monoisotopic (exact) mass is 476 g/mol. The summed E-state index contributed by atoms with van der Waals surface area (Å²) in [5.74, 6) is 2.92. The number of nitrogens with one attached hydrogen (secondary N) is 1. The van der Waals surface area contributed by atoms with E-state index in [2.05, 4.69) is 44.8 Å². The number of aryl methyl sites for hydroxylation is 1. The molecule has 2 aliphatic rings. The average molecular weight is 476 g/mol. The number of benzene rings is 2. The lowest BCUT2D eigenvalue weighted by molar-refractivity contribution is 0.00578. The van der Waals surface area contributed by atoms with E-state index in [1.165, 1.54) is 0 Å². The van der Waals surface area contributed by atoms with Crippen LogP contribution in [0.3, 0.4) is 0 Å². The van der Waals surface area contributed by atoms with Crippen LogP contribution >= 0.6 is 11.8 Å². The van der Waals surface area contributed by atoms with Crippen LogP contribution in [0, 0.1) is 0 Å². The molecule has 6 nitrogen and oxygen atoms in total. The van der Waals surface area contributed by atoms with Crippen molar-refractivity contribution < 1.29 is 14.0 Å². The molecule has 0 amide bonds. The van der Waals surface area contributed by atoms with E-state index in [-0.39, 0.29) is 23.9 Å². The Bertz CT molecular complexity index is 1270. The molecule has 1 saturated heterocycles. The molecule has 1 fully saturated rings. The number of aromatic nitrogens is 2. The number of rotatable bonds is 4. The Morgan fingerprint density at radius 1 is 1.03 bits per heavy atom. The van der Waals surface area contributed by atoms with Gasteiger partial charge in [-0.25, -0.2) is 4.98 Å². The summed E-state index contributed by atoms with van der Waals surface area (Å²) < 4.78 is 18.0. The van der Waals surface area contributed by atoms with Crippen LogP contribution in [0.5, 0.6) is 5.75 Å².